The molecule has 5 rings (SSSR count). The van der Waals surface area contributed by atoms with Crippen LogP contribution in [0, 0.1) is 0 Å². The summed E-state index contributed by atoms with van der Waals surface area (Å²) >= 11 is 12.7. The van der Waals surface area contributed by atoms with Crippen molar-refractivity contribution in [1.29, 1.82) is 0 Å². The third kappa shape index (κ3) is 2.22. The molecule has 1 aliphatic heterocycles. The highest BCUT2D eigenvalue weighted by atomic mass is 35.5. The zero-order chi connectivity index (χ0) is 17.0. The van der Waals surface area contributed by atoms with Crippen molar-refractivity contribution in [2.75, 3.05) is 0 Å². The summed E-state index contributed by atoms with van der Waals surface area (Å²) in [5.41, 5.74) is 3.98. The lowest BCUT2D eigenvalue weighted by Crippen LogP contribution is -2.02. The Morgan fingerprint density at radius 2 is 1.72 bits per heavy atom. The van der Waals surface area contributed by atoms with Gasteiger partial charge in [0, 0.05) is 23.3 Å². The Bertz CT molecular complexity index is 1110. The Hall–Kier alpha value is -2.56. The fourth-order valence-electron chi connectivity index (χ4n) is 3.31. The van der Waals surface area contributed by atoms with Gasteiger partial charge in [-0.3, -0.25) is 4.57 Å². The molecular formula is C19H12Cl2N4. The predicted molar refractivity (Wildman–Crippen MR) is 99.3 cm³/mol. The standard InChI is InChI=1S/C19H12Cl2N4/c20-13-8-7-12-11-24-9-3-6-16(24)19-23-22-18(25(19)17(12)10-13)14-4-1-2-5-15(14)21/h1-10H,11H2. The lowest BCUT2D eigenvalue weighted by atomic mass is 10.1. The second-order valence-electron chi connectivity index (χ2n) is 5.96. The molecule has 0 unspecified atom stereocenters. The van der Waals surface area contributed by atoms with Gasteiger partial charge in [-0.1, -0.05) is 41.4 Å². The van der Waals surface area contributed by atoms with Crippen LogP contribution in [0.25, 0.3) is 28.6 Å². The molecule has 2 aromatic carbocycles. The molecule has 2 aromatic heterocycles. The first kappa shape index (κ1) is 14.8. The van der Waals surface area contributed by atoms with Crippen LogP contribution in [0.5, 0.6) is 0 Å². The minimum atomic E-state index is 0.640. The van der Waals surface area contributed by atoms with Crippen molar-refractivity contribution in [2.24, 2.45) is 0 Å². The van der Waals surface area contributed by atoms with Gasteiger partial charge in [-0.15, -0.1) is 10.2 Å². The molecule has 0 amide bonds. The number of rotatable bonds is 1. The SMILES string of the molecule is Clc1ccc2c(c1)-n1c(-c3ccccc3Cl)nnc1-c1cccn1C2. The van der Waals surface area contributed by atoms with E-state index in [0.29, 0.717) is 15.9 Å². The summed E-state index contributed by atoms with van der Waals surface area (Å²) < 4.78 is 4.21. The molecule has 4 nitrogen and oxygen atoms in total. The largest absolute Gasteiger partial charge is 0.340 e. The molecule has 0 fully saturated rings. The van der Waals surface area contributed by atoms with Crippen LogP contribution in [-0.4, -0.2) is 19.3 Å². The predicted octanol–water partition coefficient (Wildman–Crippen LogP) is 5.07. The second-order valence-corrected chi connectivity index (χ2v) is 6.80. The van der Waals surface area contributed by atoms with Gasteiger partial charge in [0.2, 0.25) is 0 Å². The van der Waals surface area contributed by atoms with E-state index in [1.807, 2.05) is 65.4 Å². The minimum Gasteiger partial charge on any atom is -0.340 e. The van der Waals surface area contributed by atoms with E-state index in [1.54, 1.807) is 0 Å². The molecule has 6 heteroatoms. The van der Waals surface area contributed by atoms with Crippen LogP contribution in [0.2, 0.25) is 10.0 Å². The highest BCUT2D eigenvalue weighted by molar-refractivity contribution is 6.33. The molecule has 25 heavy (non-hydrogen) atoms. The molecule has 0 spiro atoms. The number of hydrogen-bond donors (Lipinski definition) is 0. The summed E-state index contributed by atoms with van der Waals surface area (Å²) in [5.74, 6) is 1.49. The third-order valence-corrected chi connectivity index (χ3v) is 5.03. The number of nitrogens with zero attached hydrogens (tertiary/aromatic N) is 4. The fourth-order valence-corrected chi connectivity index (χ4v) is 3.70. The Balaban J connectivity index is 1.89. The molecule has 0 saturated heterocycles. The van der Waals surface area contributed by atoms with Crippen molar-refractivity contribution in [2.45, 2.75) is 6.54 Å². The van der Waals surface area contributed by atoms with E-state index < -0.39 is 0 Å². The van der Waals surface area contributed by atoms with Crippen molar-refractivity contribution in [3.05, 3.63) is 76.4 Å². The van der Waals surface area contributed by atoms with Gasteiger partial charge < -0.3 is 4.57 Å². The van der Waals surface area contributed by atoms with E-state index in [-0.39, 0.29) is 0 Å². The van der Waals surface area contributed by atoms with Gasteiger partial charge in [0.15, 0.2) is 11.6 Å². The molecule has 1 aliphatic rings. The number of hydrogen-bond acceptors (Lipinski definition) is 2. The highest BCUT2D eigenvalue weighted by Crippen LogP contribution is 2.36. The molecule has 0 aliphatic carbocycles. The molecule has 122 valence electrons. The van der Waals surface area contributed by atoms with Gasteiger partial charge in [-0.25, -0.2) is 0 Å². The third-order valence-electron chi connectivity index (χ3n) is 4.47. The Morgan fingerprint density at radius 3 is 2.60 bits per heavy atom. The van der Waals surface area contributed by atoms with Gasteiger partial charge in [-0.2, -0.15) is 0 Å². The van der Waals surface area contributed by atoms with Crippen LogP contribution in [0.4, 0.5) is 0 Å². The van der Waals surface area contributed by atoms with Crippen LogP contribution in [0.3, 0.4) is 0 Å². The second kappa shape index (κ2) is 5.48. The van der Waals surface area contributed by atoms with Crippen LogP contribution >= 0.6 is 23.2 Å². The Morgan fingerprint density at radius 1 is 0.880 bits per heavy atom. The maximum atomic E-state index is 6.42. The van der Waals surface area contributed by atoms with E-state index in [0.717, 1.165) is 34.9 Å². The summed E-state index contributed by atoms with van der Waals surface area (Å²) in [6, 6.07) is 17.6. The summed E-state index contributed by atoms with van der Waals surface area (Å²) in [5, 5.41) is 10.2. The Labute approximate surface area is 154 Å². The highest BCUT2D eigenvalue weighted by Gasteiger charge is 2.25. The zero-order valence-electron chi connectivity index (χ0n) is 13.0. The summed E-state index contributed by atoms with van der Waals surface area (Å²) in [4.78, 5) is 0. The molecule has 0 bridgehead atoms. The molecule has 4 aromatic rings. The first-order valence-electron chi connectivity index (χ1n) is 7.87. The van der Waals surface area contributed by atoms with E-state index in [2.05, 4.69) is 14.8 Å². The van der Waals surface area contributed by atoms with Gasteiger partial charge in [0.05, 0.1) is 16.4 Å². The van der Waals surface area contributed by atoms with E-state index in [9.17, 15) is 0 Å². The molecule has 3 heterocycles. The number of halogens is 2. The molecule has 0 atom stereocenters. The smallest absolute Gasteiger partial charge is 0.185 e. The topological polar surface area (TPSA) is 35.6 Å². The van der Waals surface area contributed by atoms with Crippen molar-refractivity contribution in [3.8, 4) is 28.6 Å². The number of aromatic nitrogens is 4. The number of benzene rings is 2. The van der Waals surface area contributed by atoms with Crippen LogP contribution in [0.1, 0.15) is 5.56 Å². The lowest BCUT2D eigenvalue weighted by molar-refractivity contribution is 0.816. The number of fused-ring (bicyclic) bond motifs is 5. The zero-order valence-corrected chi connectivity index (χ0v) is 14.5. The fraction of sp³-hybridized carbons (Fsp3) is 0.0526. The van der Waals surface area contributed by atoms with Gasteiger partial charge >= 0.3 is 0 Å². The summed E-state index contributed by atoms with van der Waals surface area (Å²) in [6.07, 6.45) is 2.05. The average molecular weight is 367 g/mol. The molecular weight excluding hydrogens is 355 g/mol. The van der Waals surface area contributed by atoms with Crippen LogP contribution in [0.15, 0.2) is 60.8 Å². The van der Waals surface area contributed by atoms with Gasteiger partial charge in [-0.05, 0) is 42.0 Å². The maximum Gasteiger partial charge on any atom is 0.185 e. The molecule has 0 saturated carbocycles. The average Bonchev–Trinajstić information content (AvgIpc) is 3.21. The first-order chi connectivity index (χ1) is 12.2. The van der Waals surface area contributed by atoms with Crippen LogP contribution < -0.4 is 0 Å². The van der Waals surface area contributed by atoms with E-state index in [4.69, 9.17) is 23.2 Å². The van der Waals surface area contributed by atoms with Crippen molar-refractivity contribution in [1.82, 2.24) is 19.3 Å². The molecule has 0 N–H and O–H groups in total. The Kier molecular flexibility index (Phi) is 3.23. The summed E-state index contributed by atoms with van der Waals surface area (Å²) in [6.45, 7) is 0.750. The van der Waals surface area contributed by atoms with Gasteiger partial charge in [0.25, 0.3) is 0 Å². The monoisotopic (exact) mass is 366 g/mol. The van der Waals surface area contributed by atoms with E-state index >= 15 is 0 Å². The minimum absolute atomic E-state index is 0.640. The first-order valence-corrected chi connectivity index (χ1v) is 8.62. The maximum absolute atomic E-state index is 6.42. The van der Waals surface area contributed by atoms with E-state index in [1.165, 1.54) is 0 Å². The quantitative estimate of drug-likeness (QED) is 0.415. The van der Waals surface area contributed by atoms with Crippen LogP contribution in [-0.2, 0) is 6.54 Å². The van der Waals surface area contributed by atoms with Gasteiger partial charge in [0.1, 0.15) is 0 Å². The van der Waals surface area contributed by atoms with Crippen molar-refractivity contribution in [3.63, 3.8) is 0 Å². The molecule has 0 radical (unpaired) electrons. The summed E-state index contributed by atoms with van der Waals surface area (Å²) in [7, 11) is 0. The van der Waals surface area contributed by atoms with Crippen molar-refractivity contribution < 1.29 is 0 Å². The normalized spacial score (nSPS) is 12.2. The lowest BCUT2D eigenvalue weighted by Gasteiger charge is -2.12. The van der Waals surface area contributed by atoms with Crippen molar-refractivity contribution >= 4 is 23.2 Å².